The molecular weight excluding hydrogens is 355 g/mol. The van der Waals surface area contributed by atoms with Gasteiger partial charge >= 0.3 is 0 Å². The number of benzene rings is 1. The number of aliphatic hydroxyl groups is 1. The molecule has 0 unspecified atom stereocenters. The van der Waals surface area contributed by atoms with Crippen LogP contribution >= 0.6 is 23.2 Å². The second-order valence-corrected chi connectivity index (χ2v) is 6.29. The number of aromatic amines is 1. The fourth-order valence-corrected chi connectivity index (χ4v) is 3.39. The SMILES string of the molecule is O=C1Cc2c([nH]c3c(Cl)c(Cl)cc(-c4nc(CO)no4)c23)CCN1. The van der Waals surface area contributed by atoms with Crippen molar-refractivity contribution in [3.05, 3.63) is 33.2 Å². The highest BCUT2D eigenvalue weighted by atomic mass is 35.5. The van der Waals surface area contributed by atoms with Gasteiger partial charge in [-0.25, -0.2) is 0 Å². The number of fused-ring (bicyclic) bond motifs is 3. The van der Waals surface area contributed by atoms with Crippen LogP contribution in [0.3, 0.4) is 0 Å². The first kappa shape index (κ1) is 15.4. The summed E-state index contributed by atoms with van der Waals surface area (Å²) in [5, 5.41) is 17.1. The summed E-state index contributed by atoms with van der Waals surface area (Å²) in [5.74, 6) is 0.325. The smallest absolute Gasteiger partial charge is 0.258 e. The molecule has 0 saturated carbocycles. The van der Waals surface area contributed by atoms with Crippen molar-refractivity contribution in [1.82, 2.24) is 20.4 Å². The Morgan fingerprint density at radius 3 is 2.96 bits per heavy atom. The third-order valence-corrected chi connectivity index (χ3v) is 4.82. The molecule has 0 atom stereocenters. The molecule has 1 aliphatic heterocycles. The first-order valence-electron chi connectivity index (χ1n) is 7.30. The monoisotopic (exact) mass is 366 g/mol. The van der Waals surface area contributed by atoms with Crippen molar-refractivity contribution < 1.29 is 14.4 Å². The number of hydrogen-bond acceptors (Lipinski definition) is 5. The molecule has 1 aromatic carbocycles. The molecule has 124 valence electrons. The molecule has 2 aromatic heterocycles. The summed E-state index contributed by atoms with van der Waals surface area (Å²) in [6.07, 6.45) is 0.885. The minimum Gasteiger partial charge on any atom is -0.388 e. The van der Waals surface area contributed by atoms with Crippen LogP contribution in [0.25, 0.3) is 22.4 Å². The number of halogens is 2. The number of hydrogen-bond donors (Lipinski definition) is 3. The van der Waals surface area contributed by atoms with Crippen LogP contribution in [-0.2, 0) is 24.2 Å². The second kappa shape index (κ2) is 5.77. The number of carbonyl (C=O) groups excluding carboxylic acids is 1. The maximum Gasteiger partial charge on any atom is 0.258 e. The molecule has 3 heterocycles. The fraction of sp³-hybridized carbons (Fsp3) is 0.267. The summed E-state index contributed by atoms with van der Waals surface area (Å²) in [4.78, 5) is 19.4. The number of aliphatic hydroxyl groups excluding tert-OH is 1. The topological polar surface area (TPSA) is 104 Å². The molecule has 0 radical (unpaired) electrons. The van der Waals surface area contributed by atoms with Gasteiger partial charge in [-0.3, -0.25) is 4.79 Å². The molecule has 9 heteroatoms. The van der Waals surface area contributed by atoms with E-state index in [-0.39, 0.29) is 30.7 Å². The minimum atomic E-state index is -0.332. The van der Waals surface area contributed by atoms with Crippen molar-refractivity contribution in [1.29, 1.82) is 0 Å². The number of nitrogens with zero attached hydrogens (tertiary/aromatic N) is 2. The van der Waals surface area contributed by atoms with Crippen molar-refractivity contribution in [3.63, 3.8) is 0 Å². The summed E-state index contributed by atoms with van der Waals surface area (Å²) in [6.45, 7) is 0.218. The third-order valence-electron chi connectivity index (χ3n) is 4.04. The normalized spacial score (nSPS) is 14.5. The lowest BCUT2D eigenvalue weighted by Gasteiger charge is -2.05. The van der Waals surface area contributed by atoms with E-state index in [9.17, 15) is 4.79 Å². The van der Waals surface area contributed by atoms with Gasteiger partial charge < -0.3 is 19.9 Å². The summed E-state index contributed by atoms with van der Waals surface area (Å²) < 4.78 is 5.23. The van der Waals surface area contributed by atoms with E-state index in [4.69, 9.17) is 32.8 Å². The van der Waals surface area contributed by atoms with Gasteiger partial charge in [0.25, 0.3) is 5.89 Å². The average Bonchev–Trinajstić information content (AvgIpc) is 3.13. The maximum absolute atomic E-state index is 12.0. The zero-order valence-corrected chi connectivity index (χ0v) is 13.8. The number of amides is 1. The minimum absolute atomic E-state index is 0.0618. The second-order valence-electron chi connectivity index (χ2n) is 5.50. The van der Waals surface area contributed by atoms with E-state index in [2.05, 4.69) is 20.4 Å². The van der Waals surface area contributed by atoms with Crippen LogP contribution in [0.15, 0.2) is 10.6 Å². The molecule has 3 N–H and O–H groups in total. The Morgan fingerprint density at radius 2 is 2.21 bits per heavy atom. The van der Waals surface area contributed by atoms with Gasteiger partial charge in [0.1, 0.15) is 6.61 Å². The van der Waals surface area contributed by atoms with Crippen LogP contribution in [0.2, 0.25) is 10.0 Å². The Labute approximate surface area is 145 Å². The van der Waals surface area contributed by atoms with E-state index in [1.165, 1.54) is 0 Å². The summed E-state index contributed by atoms with van der Waals surface area (Å²) >= 11 is 12.6. The number of carbonyl (C=O) groups is 1. The molecule has 0 saturated heterocycles. The first-order valence-corrected chi connectivity index (χ1v) is 8.06. The van der Waals surface area contributed by atoms with Crippen LogP contribution in [0.4, 0.5) is 0 Å². The van der Waals surface area contributed by atoms with E-state index in [1.54, 1.807) is 6.07 Å². The Kier molecular flexibility index (Phi) is 3.71. The van der Waals surface area contributed by atoms with Crippen molar-refractivity contribution in [3.8, 4) is 11.5 Å². The molecule has 3 aromatic rings. The zero-order valence-electron chi connectivity index (χ0n) is 12.3. The van der Waals surface area contributed by atoms with Gasteiger partial charge in [-0.15, -0.1) is 0 Å². The van der Waals surface area contributed by atoms with Gasteiger partial charge in [0.15, 0.2) is 5.82 Å². The van der Waals surface area contributed by atoms with Crippen LogP contribution < -0.4 is 5.32 Å². The highest BCUT2D eigenvalue weighted by Gasteiger charge is 2.25. The highest BCUT2D eigenvalue weighted by Crippen LogP contribution is 2.41. The number of H-pyrrole nitrogens is 1. The van der Waals surface area contributed by atoms with Crippen LogP contribution in [-0.4, -0.2) is 32.7 Å². The largest absolute Gasteiger partial charge is 0.388 e. The van der Waals surface area contributed by atoms with Gasteiger partial charge in [0.05, 0.1) is 27.5 Å². The van der Waals surface area contributed by atoms with Crippen LogP contribution in [0.1, 0.15) is 17.1 Å². The molecule has 0 fully saturated rings. The van der Waals surface area contributed by atoms with Crippen molar-refractivity contribution in [2.45, 2.75) is 19.4 Å². The number of nitrogens with one attached hydrogen (secondary N) is 2. The Morgan fingerprint density at radius 1 is 1.38 bits per heavy atom. The standard InChI is InChI=1S/C15H12Cl2N4O3/c16-8-3-7(15-20-10(5-22)21-24-15)12-6-4-11(23)18-2-1-9(6)19-14(12)13(8)17/h3,19,22H,1-2,4-5H2,(H,18,23). The van der Waals surface area contributed by atoms with E-state index in [0.717, 1.165) is 16.6 Å². The lowest BCUT2D eigenvalue weighted by molar-refractivity contribution is -0.120. The van der Waals surface area contributed by atoms with Crippen molar-refractivity contribution in [2.24, 2.45) is 0 Å². The molecule has 7 nitrogen and oxygen atoms in total. The van der Waals surface area contributed by atoms with Gasteiger partial charge in [-0.05, 0) is 11.6 Å². The van der Waals surface area contributed by atoms with Crippen molar-refractivity contribution in [2.75, 3.05) is 6.54 Å². The van der Waals surface area contributed by atoms with E-state index >= 15 is 0 Å². The highest BCUT2D eigenvalue weighted by molar-refractivity contribution is 6.45. The summed E-state index contributed by atoms with van der Waals surface area (Å²) in [5.41, 5.74) is 2.99. The first-order chi connectivity index (χ1) is 11.6. The zero-order chi connectivity index (χ0) is 16.8. The average molecular weight is 367 g/mol. The molecule has 0 bridgehead atoms. The molecule has 24 heavy (non-hydrogen) atoms. The quantitative estimate of drug-likeness (QED) is 0.645. The third kappa shape index (κ3) is 2.36. The number of rotatable bonds is 2. The molecule has 1 amide bonds. The van der Waals surface area contributed by atoms with Gasteiger partial charge in [-0.2, -0.15) is 4.98 Å². The Balaban J connectivity index is 2.03. The number of aromatic nitrogens is 3. The molecule has 0 spiro atoms. The Bertz CT molecular complexity index is 963. The molecule has 0 aliphatic carbocycles. The molecule has 4 rings (SSSR count). The predicted octanol–water partition coefficient (Wildman–Crippen LogP) is 2.23. The Hall–Kier alpha value is -2.09. The van der Waals surface area contributed by atoms with E-state index in [1.807, 2.05) is 0 Å². The van der Waals surface area contributed by atoms with Gasteiger partial charge in [0.2, 0.25) is 5.91 Å². The van der Waals surface area contributed by atoms with E-state index < -0.39 is 0 Å². The summed E-state index contributed by atoms with van der Waals surface area (Å²) in [6, 6.07) is 1.64. The predicted molar refractivity (Wildman–Crippen MR) is 88.0 cm³/mol. The van der Waals surface area contributed by atoms with Crippen molar-refractivity contribution >= 4 is 40.0 Å². The molecular formula is C15H12Cl2N4O3. The molecule has 1 aliphatic rings. The van der Waals surface area contributed by atoms with E-state index in [0.29, 0.717) is 34.1 Å². The fourth-order valence-electron chi connectivity index (χ4n) is 2.99. The van der Waals surface area contributed by atoms with Gasteiger partial charge in [0, 0.05) is 24.0 Å². The van der Waals surface area contributed by atoms with Crippen LogP contribution in [0.5, 0.6) is 0 Å². The summed E-state index contributed by atoms with van der Waals surface area (Å²) in [7, 11) is 0. The maximum atomic E-state index is 12.0. The lowest BCUT2D eigenvalue weighted by Crippen LogP contribution is -2.24. The lowest BCUT2D eigenvalue weighted by atomic mass is 10.0. The van der Waals surface area contributed by atoms with Crippen LogP contribution in [0, 0.1) is 0 Å². The van der Waals surface area contributed by atoms with Gasteiger partial charge in [-0.1, -0.05) is 28.4 Å².